The fraction of sp³-hybridized carbons (Fsp3) is 0.625. The number of aliphatic carboxylic acids is 1. The number of carboxylic acids is 1. The standard InChI is InChI=1S/C8H7F2NO5S/c1-11-6(5(12)4-2-3-4)17(15,16)8(9,10)7(13)14/h1,4,6H,2-3H2/p+1. The Hall–Kier alpha value is -1.56. The van der Waals surface area contributed by atoms with E-state index in [4.69, 9.17) is 5.11 Å². The summed E-state index contributed by atoms with van der Waals surface area (Å²) in [6.45, 7) is 4.62. The van der Waals surface area contributed by atoms with Gasteiger partial charge in [0.25, 0.3) is 6.57 Å². The Balaban J connectivity index is 3.16. The maximum Gasteiger partial charge on any atom is 0.448 e. The normalized spacial score (nSPS) is 18.2. The van der Waals surface area contributed by atoms with Crippen molar-refractivity contribution in [1.29, 1.82) is 0 Å². The maximum atomic E-state index is 13.0. The zero-order valence-corrected chi connectivity index (χ0v) is 9.15. The molecule has 0 aromatic heterocycles. The average Bonchev–Trinajstić information content (AvgIpc) is 3.00. The third-order valence-electron chi connectivity index (χ3n) is 2.26. The van der Waals surface area contributed by atoms with Crippen molar-refractivity contribution in [1.82, 2.24) is 0 Å². The van der Waals surface area contributed by atoms with Gasteiger partial charge in [-0.15, -0.1) is 0 Å². The average molecular weight is 268 g/mol. The Morgan fingerprint density at radius 2 is 1.88 bits per heavy atom. The number of Topliss-reactive ketones (excluding diaryl/α,β-unsaturated/α-hetero) is 1. The lowest BCUT2D eigenvalue weighted by atomic mass is 10.3. The summed E-state index contributed by atoms with van der Waals surface area (Å²) in [5.41, 5.74) is 0. The molecule has 0 heterocycles. The molecule has 6 nitrogen and oxygen atoms in total. The molecular formula is C8H8F2NO5S+. The summed E-state index contributed by atoms with van der Waals surface area (Å²) < 4.78 is 48.4. The molecule has 17 heavy (non-hydrogen) atoms. The number of carboxylic acid groups (broad SMARTS) is 1. The van der Waals surface area contributed by atoms with Crippen LogP contribution >= 0.6 is 0 Å². The van der Waals surface area contributed by atoms with E-state index >= 15 is 0 Å². The number of hydrogen-bond donors (Lipinski definition) is 1. The molecule has 0 aromatic carbocycles. The second-order valence-corrected chi connectivity index (χ2v) is 5.59. The number of sulfone groups is 1. The number of ketones is 1. The lowest BCUT2D eigenvalue weighted by molar-refractivity contribution is -0.153. The summed E-state index contributed by atoms with van der Waals surface area (Å²) >= 11 is 0. The number of nitrogens with zero attached hydrogens (tertiary/aromatic N) is 1. The Kier molecular flexibility index (Phi) is 3.20. The number of hydrogen-bond acceptors (Lipinski definition) is 4. The van der Waals surface area contributed by atoms with E-state index < -0.39 is 38.1 Å². The van der Waals surface area contributed by atoms with Gasteiger partial charge in [0, 0.05) is 5.92 Å². The van der Waals surface area contributed by atoms with Gasteiger partial charge < -0.3 is 5.11 Å². The molecule has 0 aromatic rings. The van der Waals surface area contributed by atoms with E-state index in [0.717, 1.165) is 0 Å². The van der Waals surface area contributed by atoms with Crippen molar-refractivity contribution in [3.05, 3.63) is 4.85 Å². The third kappa shape index (κ3) is 2.12. The van der Waals surface area contributed by atoms with Gasteiger partial charge in [-0.1, -0.05) is 4.85 Å². The second-order valence-electron chi connectivity index (χ2n) is 3.55. The van der Waals surface area contributed by atoms with Gasteiger partial charge in [-0.05, 0) is 12.8 Å². The molecule has 1 fully saturated rings. The van der Waals surface area contributed by atoms with E-state index in [1.807, 2.05) is 0 Å². The molecule has 1 unspecified atom stereocenters. The molecule has 0 aliphatic heterocycles. The van der Waals surface area contributed by atoms with Crippen LogP contribution in [-0.4, -0.2) is 35.9 Å². The third-order valence-corrected chi connectivity index (χ3v) is 4.09. The smallest absolute Gasteiger partial charge is 0.448 e. The van der Waals surface area contributed by atoms with Crippen LogP contribution in [0.15, 0.2) is 0 Å². The first-order chi connectivity index (χ1) is 7.66. The molecule has 0 saturated heterocycles. The predicted molar refractivity (Wildman–Crippen MR) is 51.3 cm³/mol. The first-order valence-electron chi connectivity index (χ1n) is 4.44. The first kappa shape index (κ1) is 13.5. The van der Waals surface area contributed by atoms with Crippen molar-refractivity contribution >= 4 is 21.6 Å². The molecule has 94 valence electrons. The number of halogens is 2. The molecule has 0 bridgehead atoms. The van der Waals surface area contributed by atoms with Gasteiger partial charge in [0.05, 0.1) is 0 Å². The fourth-order valence-electron chi connectivity index (χ4n) is 1.14. The lowest BCUT2D eigenvalue weighted by Gasteiger charge is -2.10. The number of rotatable bonds is 5. The maximum absolute atomic E-state index is 13.0. The Morgan fingerprint density at radius 1 is 1.41 bits per heavy atom. The van der Waals surface area contributed by atoms with Gasteiger partial charge >= 0.3 is 26.4 Å². The van der Waals surface area contributed by atoms with Crippen LogP contribution in [-0.2, 0) is 19.4 Å². The minimum Gasteiger partial charge on any atom is -0.476 e. The molecule has 1 aliphatic carbocycles. The summed E-state index contributed by atoms with van der Waals surface area (Å²) in [6, 6.07) is 0. The molecule has 1 rings (SSSR count). The van der Waals surface area contributed by atoms with Crippen LogP contribution in [0.4, 0.5) is 8.78 Å². The van der Waals surface area contributed by atoms with E-state index in [9.17, 15) is 26.8 Å². The molecule has 1 saturated carbocycles. The van der Waals surface area contributed by atoms with E-state index in [-0.39, 0.29) is 0 Å². The van der Waals surface area contributed by atoms with Crippen LogP contribution in [0.3, 0.4) is 0 Å². The van der Waals surface area contributed by atoms with Crippen molar-refractivity contribution in [3.63, 3.8) is 0 Å². The SMILES string of the molecule is C#[N+]C(C(=O)C1CC1)S(=O)(=O)C(F)(F)C(=O)O. The summed E-state index contributed by atoms with van der Waals surface area (Å²) in [6.07, 6.45) is 0.720. The van der Waals surface area contributed by atoms with Gasteiger partial charge in [-0.2, -0.15) is 8.78 Å². The van der Waals surface area contributed by atoms with Crippen molar-refractivity contribution in [2.45, 2.75) is 23.5 Å². The number of carbonyl (C=O) groups is 2. The van der Waals surface area contributed by atoms with Crippen molar-refractivity contribution in [3.8, 4) is 6.57 Å². The summed E-state index contributed by atoms with van der Waals surface area (Å²) in [5.74, 6) is -4.64. The van der Waals surface area contributed by atoms with Gasteiger partial charge in [0.2, 0.25) is 5.78 Å². The van der Waals surface area contributed by atoms with Crippen LogP contribution < -0.4 is 0 Å². The molecule has 0 radical (unpaired) electrons. The largest absolute Gasteiger partial charge is 0.476 e. The van der Waals surface area contributed by atoms with Gasteiger partial charge in [0.15, 0.2) is 0 Å². The molecule has 1 N–H and O–H groups in total. The highest BCUT2D eigenvalue weighted by atomic mass is 32.2. The molecule has 0 amide bonds. The highest BCUT2D eigenvalue weighted by Crippen LogP contribution is 2.36. The predicted octanol–water partition coefficient (Wildman–Crippen LogP) is 0.346. The summed E-state index contributed by atoms with van der Waals surface area (Å²) in [5, 5.41) is 0.515. The van der Waals surface area contributed by atoms with Crippen LogP contribution in [0, 0.1) is 12.5 Å². The minimum absolute atomic E-state index is 0.360. The Morgan fingerprint density at radius 3 is 2.18 bits per heavy atom. The van der Waals surface area contributed by atoms with Gasteiger partial charge in [-0.25, -0.2) is 13.2 Å². The molecule has 9 heteroatoms. The van der Waals surface area contributed by atoms with E-state index in [2.05, 4.69) is 11.4 Å². The highest BCUT2D eigenvalue weighted by Gasteiger charge is 2.64. The monoisotopic (exact) mass is 268 g/mol. The Labute approximate surface area is 95.0 Å². The number of carbonyl (C=O) groups excluding carboxylic acids is 1. The molecular weight excluding hydrogens is 260 g/mol. The van der Waals surface area contributed by atoms with Gasteiger partial charge in [0.1, 0.15) is 0 Å². The number of alkyl halides is 2. The second kappa shape index (κ2) is 4.03. The summed E-state index contributed by atoms with van der Waals surface area (Å²) in [7, 11) is -5.63. The van der Waals surface area contributed by atoms with Crippen LogP contribution in [0.1, 0.15) is 12.8 Å². The highest BCUT2D eigenvalue weighted by molar-refractivity contribution is 7.94. The summed E-state index contributed by atoms with van der Waals surface area (Å²) in [4.78, 5) is 24.1. The molecule has 1 aliphatic rings. The Bertz CT molecular complexity index is 502. The first-order valence-corrected chi connectivity index (χ1v) is 5.99. The van der Waals surface area contributed by atoms with Crippen LogP contribution in [0.5, 0.6) is 0 Å². The van der Waals surface area contributed by atoms with Crippen LogP contribution in [0.25, 0.3) is 4.85 Å². The topological polar surface area (TPSA) is 92.9 Å². The molecule has 1 atom stereocenters. The van der Waals surface area contributed by atoms with Crippen molar-refractivity contribution in [2.24, 2.45) is 5.92 Å². The van der Waals surface area contributed by atoms with Crippen molar-refractivity contribution in [2.75, 3.05) is 0 Å². The van der Waals surface area contributed by atoms with Crippen LogP contribution in [0.2, 0.25) is 0 Å². The van der Waals surface area contributed by atoms with E-state index in [1.54, 1.807) is 0 Å². The zero-order valence-electron chi connectivity index (χ0n) is 8.34. The quantitative estimate of drug-likeness (QED) is 0.776. The van der Waals surface area contributed by atoms with E-state index in [0.29, 0.717) is 12.8 Å². The lowest BCUT2D eigenvalue weighted by Crippen LogP contribution is -2.45. The minimum atomic E-state index is -5.63. The van der Waals surface area contributed by atoms with Gasteiger partial charge in [-0.3, -0.25) is 4.79 Å². The zero-order chi connectivity index (χ0) is 13.4. The molecule has 0 spiro atoms. The van der Waals surface area contributed by atoms with Crippen molar-refractivity contribution < 1.29 is 31.9 Å². The van der Waals surface area contributed by atoms with E-state index in [1.165, 1.54) is 0 Å². The fourth-order valence-corrected chi connectivity index (χ4v) is 2.32.